The lowest BCUT2D eigenvalue weighted by Gasteiger charge is -2.32. The largest absolute Gasteiger partial charge is 0.508 e. The Kier molecular flexibility index (Phi) is 3.27. The topological polar surface area (TPSA) is 76.0 Å². The smallest absolute Gasteiger partial charge is 0.203 e. The first-order valence-electron chi connectivity index (χ1n) is 6.46. The third kappa shape index (κ3) is 2.21. The van der Waals surface area contributed by atoms with Crippen LogP contribution in [0.3, 0.4) is 0 Å². The Balaban J connectivity index is 2.11. The molecule has 0 amide bonds. The Bertz CT molecular complexity index is 681. The van der Waals surface area contributed by atoms with Crippen LogP contribution in [0.4, 0.5) is 0 Å². The molecule has 1 aliphatic rings. The summed E-state index contributed by atoms with van der Waals surface area (Å²) >= 11 is 0. The SMILES string of the molecule is CO[C@@H]1C(=O)c2c(O)cc(O)cc2O[C@@H]1c1ccccc1. The molecule has 0 unspecified atom stereocenters. The van der Waals surface area contributed by atoms with Gasteiger partial charge in [-0.2, -0.15) is 0 Å². The number of methoxy groups -OCH3 is 1. The molecule has 5 heteroatoms. The maximum absolute atomic E-state index is 12.5. The zero-order valence-corrected chi connectivity index (χ0v) is 11.3. The van der Waals surface area contributed by atoms with E-state index in [1.807, 2.05) is 30.3 Å². The zero-order valence-electron chi connectivity index (χ0n) is 11.3. The van der Waals surface area contributed by atoms with Crippen molar-refractivity contribution in [2.75, 3.05) is 7.11 Å². The molecule has 0 saturated heterocycles. The van der Waals surface area contributed by atoms with Gasteiger partial charge in [-0.15, -0.1) is 0 Å². The van der Waals surface area contributed by atoms with Crippen LogP contribution in [0.2, 0.25) is 0 Å². The molecule has 21 heavy (non-hydrogen) atoms. The summed E-state index contributed by atoms with van der Waals surface area (Å²) in [4.78, 5) is 12.5. The van der Waals surface area contributed by atoms with E-state index in [0.29, 0.717) is 0 Å². The molecular formula is C16H14O5. The van der Waals surface area contributed by atoms with E-state index in [4.69, 9.17) is 9.47 Å². The fraction of sp³-hybridized carbons (Fsp3) is 0.188. The van der Waals surface area contributed by atoms with E-state index in [1.54, 1.807) is 0 Å². The van der Waals surface area contributed by atoms with Gasteiger partial charge in [-0.25, -0.2) is 0 Å². The molecule has 1 aliphatic heterocycles. The normalized spacial score (nSPS) is 20.7. The fourth-order valence-electron chi connectivity index (χ4n) is 2.52. The van der Waals surface area contributed by atoms with Gasteiger partial charge in [0, 0.05) is 19.2 Å². The number of carbonyl (C=O) groups excluding carboxylic acids is 1. The van der Waals surface area contributed by atoms with Crippen LogP contribution >= 0.6 is 0 Å². The highest BCUT2D eigenvalue weighted by molar-refractivity contribution is 6.05. The van der Waals surface area contributed by atoms with Crippen LogP contribution in [0.15, 0.2) is 42.5 Å². The minimum absolute atomic E-state index is 0.0341. The summed E-state index contributed by atoms with van der Waals surface area (Å²) in [5.74, 6) is -0.699. The van der Waals surface area contributed by atoms with Gasteiger partial charge >= 0.3 is 0 Å². The number of phenolic OH excluding ortho intramolecular Hbond substituents is 2. The molecule has 2 atom stereocenters. The van der Waals surface area contributed by atoms with Crippen molar-refractivity contribution < 1.29 is 24.5 Å². The van der Waals surface area contributed by atoms with Crippen molar-refractivity contribution in [3.63, 3.8) is 0 Å². The molecule has 2 aromatic carbocycles. The Morgan fingerprint density at radius 3 is 2.52 bits per heavy atom. The Hall–Kier alpha value is -2.53. The second-order valence-corrected chi connectivity index (χ2v) is 4.81. The van der Waals surface area contributed by atoms with Gasteiger partial charge < -0.3 is 19.7 Å². The molecular weight excluding hydrogens is 272 g/mol. The Morgan fingerprint density at radius 1 is 1.14 bits per heavy atom. The van der Waals surface area contributed by atoms with E-state index in [9.17, 15) is 15.0 Å². The lowest BCUT2D eigenvalue weighted by Crippen LogP contribution is -2.37. The molecule has 0 saturated carbocycles. The number of phenols is 2. The predicted octanol–water partition coefficient (Wildman–Crippen LogP) is 2.43. The molecule has 0 spiro atoms. The number of rotatable bonds is 2. The quantitative estimate of drug-likeness (QED) is 0.886. The number of benzene rings is 2. The molecule has 1 heterocycles. The number of carbonyl (C=O) groups is 1. The summed E-state index contributed by atoms with van der Waals surface area (Å²) in [5, 5.41) is 19.4. The lowest BCUT2D eigenvalue weighted by atomic mass is 9.92. The second kappa shape index (κ2) is 5.10. The van der Waals surface area contributed by atoms with E-state index >= 15 is 0 Å². The number of aromatic hydroxyl groups is 2. The van der Waals surface area contributed by atoms with Crippen LogP contribution in [-0.4, -0.2) is 29.2 Å². The van der Waals surface area contributed by atoms with E-state index in [-0.39, 0.29) is 28.6 Å². The molecule has 2 aromatic rings. The van der Waals surface area contributed by atoms with Gasteiger partial charge in [0.25, 0.3) is 0 Å². The van der Waals surface area contributed by atoms with E-state index in [0.717, 1.165) is 11.6 Å². The number of hydrogen-bond donors (Lipinski definition) is 2. The summed E-state index contributed by atoms with van der Waals surface area (Å²) < 4.78 is 11.1. The van der Waals surface area contributed by atoms with Crippen molar-refractivity contribution in [3.8, 4) is 17.2 Å². The van der Waals surface area contributed by atoms with Crippen LogP contribution in [0.5, 0.6) is 17.2 Å². The fourth-order valence-corrected chi connectivity index (χ4v) is 2.52. The highest BCUT2D eigenvalue weighted by atomic mass is 16.5. The van der Waals surface area contributed by atoms with E-state index in [1.165, 1.54) is 13.2 Å². The minimum Gasteiger partial charge on any atom is -0.508 e. The molecule has 0 bridgehead atoms. The number of fused-ring (bicyclic) bond motifs is 1. The van der Waals surface area contributed by atoms with Crippen LogP contribution in [0.25, 0.3) is 0 Å². The Morgan fingerprint density at radius 2 is 1.86 bits per heavy atom. The molecule has 108 valence electrons. The molecule has 0 aromatic heterocycles. The van der Waals surface area contributed by atoms with Crippen molar-refractivity contribution in [1.82, 2.24) is 0 Å². The van der Waals surface area contributed by atoms with E-state index < -0.39 is 12.2 Å². The number of Topliss-reactive ketones (excluding diaryl/α,β-unsaturated/α-hetero) is 1. The first kappa shape index (κ1) is 13.5. The minimum atomic E-state index is -0.852. The van der Waals surface area contributed by atoms with Crippen molar-refractivity contribution in [2.24, 2.45) is 0 Å². The first-order valence-corrected chi connectivity index (χ1v) is 6.46. The Labute approximate surface area is 121 Å². The van der Waals surface area contributed by atoms with Crippen LogP contribution in [0, 0.1) is 0 Å². The van der Waals surface area contributed by atoms with Gasteiger partial charge in [0.1, 0.15) is 22.8 Å². The van der Waals surface area contributed by atoms with Crippen LogP contribution < -0.4 is 4.74 Å². The maximum atomic E-state index is 12.5. The highest BCUT2D eigenvalue weighted by Crippen LogP contribution is 2.42. The van der Waals surface area contributed by atoms with Crippen molar-refractivity contribution in [1.29, 1.82) is 0 Å². The zero-order chi connectivity index (χ0) is 15.0. The van der Waals surface area contributed by atoms with Gasteiger partial charge in [0.15, 0.2) is 12.2 Å². The maximum Gasteiger partial charge on any atom is 0.203 e. The molecule has 0 fully saturated rings. The summed E-state index contributed by atoms with van der Waals surface area (Å²) in [6.45, 7) is 0. The molecule has 0 radical (unpaired) electrons. The standard InChI is InChI=1S/C16H14O5/c1-20-16-14(19)13-11(18)7-10(17)8-12(13)21-15(16)9-5-3-2-4-6-9/h2-8,15-18H,1H3/t15-,16-/m1/s1. The predicted molar refractivity (Wildman–Crippen MR) is 74.7 cm³/mol. The van der Waals surface area contributed by atoms with Crippen molar-refractivity contribution >= 4 is 5.78 Å². The van der Waals surface area contributed by atoms with Gasteiger partial charge in [-0.05, 0) is 5.56 Å². The molecule has 5 nitrogen and oxygen atoms in total. The summed E-state index contributed by atoms with van der Waals surface area (Å²) in [7, 11) is 1.42. The summed E-state index contributed by atoms with van der Waals surface area (Å²) in [6.07, 6.45) is -1.48. The van der Waals surface area contributed by atoms with E-state index in [2.05, 4.69) is 0 Å². The van der Waals surface area contributed by atoms with Crippen LogP contribution in [-0.2, 0) is 4.74 Å². The monoisotopic (exact) mass is 286 g/mol. The van der Waals surface area contributed by atoms with Gasteiger partial charge in [-0.3, -0.25) is 4.79 Å². The van der Waals surface area contributed by atoms with Gasteiger partial charge in [0.05, 0.1) is 0 Å². The van der Waals surface area contributed by atoms with Crippen molar-refractivity contribution in [2.45, 2.75) is 12.2 Å². The average Bonchev–Trinajstić information content (AvgIpc) is 2.47. The summed E-state index contributed by atoms with van der Waals surface area (Å²) in [5.41, 5.74) is 0.818. The lowest BCUT2D eigenvalue weighted by molar-refractivity contribution is -0.00107. The summed E-state index contributed by atoms with van der Waals surface area (Å²) in [6, 6.07) is 11.6. The second-order valence-electron chi connectivity index (χ2n) is 4.81. The molecule has 3 rings (SSSR count). The number of ether oxygens (including phenoxy) is 2. The third-order valence-electron chi connectivity index (χ3n) is 3.48. The van der Waals surface area contributed by atoms with Gasteiger partial charge in [0.2, 0.25) is 5.78 Å². The highest BCUT2D eigenvalue weighted by Gasteiger charge is 2.40. The first-order chi connectivity index (χ1) is 10.1. The third-order valence-corrected chi connectivity index (χ3v) is 3.48. The molecule has 0 aliphatic carbocycles. The van der Waals surface area contributed by atoms with Crippen LogP contribution in [0.1, 0.15) is 22.0 Å². The molecule has 2 N–H and O–H groups in total. The van der Waals surface area contributed by atoms with Crippen molar-refractivity contribution in [3.05, 3.63) is 53.6 Å². The number of hydrogen-bond acceptors (Lipinski definition) is 5. The average molecular weight is 286 g/mol. The van der Waals surface area contributed by atoms with Gasteiger partial charge in [-0.1, -0.05) is 30.3 Å². The number of ketones is 1.